The molecule has 1 aliphatic carbocycles. The minimum absolute atomic E-state index is 0.0674. The Balaban J connectivity index is 1.33. The fourth-order valence-electron chi connectivity index (χ4n) is 4.08. The normalized spacial score (nSPS) is 14.4. The maximum Gasteiger partial charge on any atom is 0.269 e. The van der Waals surface area contributed by atoms with Crippen LogP contribution in [0.2, 0.25) is 0 Å². The molecule has 3 heterocycles. The van der Waals surface area contributed by atoms with Crippen molar-refractivity contribution < 1.29 is 9.53 Å². The number of hydrogen-bond acceptors (Lipinski definition) is 6. The largest absolute Gasteiger partial charge is 0.493 e. The molecule has 0 aliphatic heterocycles. The maximum absolute atomic E-state index is 12.2. The third kappa shape index (κ3) is 4.57. The van der Waals surface area contributed by atoms with E-state index in [1.807, 2.05) is 42.5 Å². The Morgan fingerprint density at radius 3 is 2.68 bits per heavy atom. The van der Waals surface area contributed by atoms with Gasteiger partial charge in [0.15, 0.2) is 0 Å². The Morgan fingerprint density at radius 1 is 1.09 bits per heavy atom. The first-order chi connectivity index (χ1) is 16.4. The van der Waals surface area contributed by atoms with Crippen molar-refractivity contribution in [2.24, 2.45) is 5.41 Å². The monoisotopic (exact) mass is 456 g/mol. The van der Waals surface area contributed by atoms with Gasteiger partial charge in [0.05, 0.1) is 18.0 Å². The summed E-state index contributed by atoms with van der Waals surface area (Å²) < 4.78 is 6.05. The summed E-state index contributed by atoms with van der Waals surface area (Å²) in [7, 11) is 3.47. The molecule has 8 heteroatoms. The number of carbonyl (C=O) groups excluding carboxylic acids is 1. The number of aromatic amines is 1. The van der Waals surface area contributed by atoms with Crippen LogP contribution in [0.15, 0.2) is 54.9 Å². The van der Waals surface area contributed by atoms with Gasteiger partial charge < -0.3 is 19.9 Å². The van der Waals surface area contributed by atoms with E-state index in [1.54, 1.807) is 31.4 Å². The van der Waals surface area contributed by atoms with Gasteiger partial charge in [0.25, 0.3) is 5.91 Å². The summed E-state index contributed by atoms with van der Waals surface area (Å²) in [6, 6.07) is 13.3. The van der Waals surface area contributed by atoms with Crippen molar-refractivity contribution in [1.29, 1.82) is 0 Å². The SMILES string of the molecule is CN(C)C(=O)c1cc2cc(Nc3nccc(-c4cc(OCC5(C)CCC5)ccn4)n3)ccc2[nH]1. The highest BCUT2D eigenvalue weighted by Gasteiger charge is 2.32. The molecule has 0 unspecified atom stereocenters. The number of carbonyl (C=O) groups is 1. The minimum atomic E-state index is -0.0674. The summed E-state index contributed by atoms with van der Waals surface area (Å²) in [4.78, 5) is 30.4. The quantitative estimate of drug-likeness (QED) is 0.405. The maximum atomic E-state index is 12.2. The van der Waals surface area contributed by atoms with E-state index in [0.29, 0.717) is 17.3 Å². The van der Waals surface area contributed by atoms with E-state index in [1.165, 1.54) is 19.3 Å². The number of benzene rings is 1. The van der Waals surface area contributed by atoms with Crippen molar-refractivity contribution >= 4 is 28.4 Å². The molecule has 1 amide bonds. The summed E-state index contributed by atoms with van der Waals surface area (Å²) in [5.41, 5.74) is 3.99. The van der Waals surface area contributed by atoms with Gasteiger partial charge in [-0.1, -0.05) is 13.3 Å². The lowest BCUT2D eigenvalue weighted by atomic mass is 9.71. The Kier molecular flexibility index (Phi) is 5.65. The lowest BCUT2D eigenvalue weighted by molar-refractivity contribution is 0.0776. The van der Waals surface area contributed by atoms with Crippen molar-refractivity contribution in [3.63, 3.8) is 0 Å². The first-order valence-corrected chi connectivity index (χ1v) is 11.4. The van der Waals surface area contributed by atoms with Crippen molar-refractivity contribution in [3.8, 4) is 17.1 Å². The number of rotatable bonds is 7. The Morgan fingerprint density at radius 2 is 1.91 bits per heavy atom. The van der Waals surface area contributed by atoms with Crippen molar-refractivity contribution in [3.05, 3.63) is 60.6 Å². The summed E-state index contributed by atoms with van der Waals surface area (Å²) in [5.74, 6) is 1.20. The molecule has 0 atom stereocenters. The Hall–Kier alpha value is -3.94. The lowest BCUT2D eigenvalue weighted by Crippen LogP contribution is -2.32. The van der Waals surface area contributed by atoms with E-state index in [-0.39, 0.29) is 11.3 Å². The average molecular weight is 457 g/mol. The number of aromatic nitrogens is 4. The topological polar surface area (TPSA) is 96.0 Å². The number of fused-ring (bicyclic) bond motifs is 1. The molecule has 2 N–H and O–H groups in total. The molecule has 174 valence electrons. The van der Waals surface area contributed by atoms with E-state index < -0.39 is 0 Å². The molecule has 0 saturated heterocycles. The number of ether oxygens (including phenoxy) is 1. The number of anilines is 2. The minimum Gasteiger partial charge on any atom is -0.493 e. The molecule has 0 spiro atoms. The van der Waals surface area contributed by atoms with E-state index >= 15 is 0 Å². The third-order valence-corrected chi connectivity index (χ3v) is 6.31. The van der Waals surface area contributed by atoms with Crippen molar-refractivity contribution in [1.82, 2.24) is 24.8 Å². The molecule has 8 nitrogen and oxygen atoms in total. The van der Waals surface area contributed by atoms with Gasteiger partial charge in [-0.15, -0.1) is 0 Å². The molecule has 1 fully saturated rings. The predicted octanol–water partition coefficient (Wildman–Crippen LogP) is 5.03. The van der Waals surface area contributed by atoms with Crippen LogP contribution in [0, 0.1) is 5.41 Å². The van der Waals surface area contributed by atoms with Gasteiger partial charge in [-0.3, -0.25) is 9.78 Å². The van der Waals surface area contributed by atoms with E-state index in [4.69, 9.17) is 4.74 Å². The molecular weight excluding hydrogens is 428 g/mol. The van der Waals surface area contributed by atoms with Crippen LogP contribution in [-0.2, 0) is 0 Å². The van der Waals surface area contributed by atoms with Crippen molar-refractivity contribution in [2.45, 2.75) is 26.2 Å². The Bertz CT molecular complexity index is 1340. The molecule has 1 saturated carbocycles. The highest BCUT2D eigenvalue weighted by atomic mass is 16.5. The number of amides is 1. The zero-order chi connectivity index (χ0) is 23.7. The zero-order valence-electron chi connectivity index (χ0n) is 19.6. The van der Waals surface area contributed by atoms with Crippen LogP contribution in [0.25, 0.3) is 22.3 Å². The van der Waals surface area contributed by atoms with Crippen LogP contribution in [0.4, 0.5) is 11.6 Å². The van der Waals surface area contributed by atoms with Gasteiger partial charge >= 0.3 is 0 Å². The number of hydrogen-bond donors (Lipinski definition) is 2. The van der Waals surface area contributed by atoms with Crippen LogP contribution < -0.4 is 10.1 Å². The molecule has 1 aliphatic rings. The standard InChI is InChI=1S/C26H28N6O2/c1-26(9-4-10-26)16-34-19-7-11-27-22(15-19)21-8-12-28-25(31-21)29-18-5-6-20-17(13-18)14-23(30-20)24(33)32(2)3/h5-8,11-15,30H,4,9-10,16H2,1-3H3,(H,28,29,31). The van der Waals surface area contributed by atoms with Crippen LogP contribution in [0.5, 0.6) is 5.75 Å². The number of pyridine rings is 1. The molecule has 34 heavy (non-hydrogen) atoms. The molecule has 3 aromatic heterocycles. The predicted molar refractivity (Wildman–Crippen MR) is 132 cm³/mol. The first-order valence-electron chi connectivity index (χ1n) is 11.4. The molecule has 5 rings (SSSR count). The van der Waals surface area contributed by atoms with Gasteiger partial charge in [-0.2, -0.15) is 0 Å². The summed E-state index contributed by atoms with van der Waals surface area (Å²) in [6.45, 7) is 2.99. The number of H-pyrrole nitrogens is 1. The van der Waals surface area contributed by atoms with Crippen LogP contribution >= 0.6 is 0 Å². The highest BCUT2D eigenvalue weighted by molar-refractivity contribution is 5.98. The second-order valence-electron chi connectivity index (χ2n) is 9.40. The van der Waals surface area contributed by atoms with Crippen LogP contribution in [0.3, 0.4) is 0 Å². The molecule has 1 aromatic carbocycles. The summed E-state index contributed by atoms with van der Waals surface area (Å²) >= 11 is 0. The summed E-state index contributed by atoms with van der Waals surface area (Å²) in [6.07, 6.45) is 7.17. The Labute approximate surface area is 198 Å². The fraction of sp³-hybridized carbons (Fsp3) is 0.308. The van der Waals surface area contributed by atoms with Crippen LogP contribution in [0.1, 0.15) is 36.7 Å². The number of nitrogens with zero attached hydrogens (tertiary/aromatic N) is 4. The van der Waals surface area contributed by atoms with E-state index in [0.717, 1.165) is 34.6 Å². The van der Waals surface area contributed by atoms with Crippen molar-refractivity contribution in [2.75, 3.05) is 26.0 Å². The van der Waals surface area contributed by atoms with Gasteiger partial charge in [0.1, 0.15) is 11.4 Å². The smallest absolute Gasteiger partial charge is 0.269 e. The zero-order valence-corrected chi connectivity index (χ0v) is 19.6. The van der Waals surface area contributed by atoms with Gasteiger partial charge in [0.2, 0.25) is 5.95 Å². The number of nitrogens with one attached hydrogen (secondary N) is 2. The fourth-order valence-corrected chi connectivity index (χ4v) is 4.08. The molecule has 0 bridgehead atoms. The second-order valence-corrected chi connectivity index (χ2v) is 9.40. The molecular formula is C26H28N6O2. The summed E-state index contributed by atoms with van der Waals surface area (Å²) in [5, 5.41) is 4.18. The molecule has 0 radical (unpaired) electrons. The van der Waals surface area contributed by atoms with E-state index in [9.17, 15) is 4.79 Å². The van der Waals surface area contributed by atoms with Crippen LogP contribution in [-0.4, -0.2) is 51.4 Å². The van der Waals surface area contributed by atoms with Gasteiger partial charge in [-0.05, 0) is 49.2 Å². The van der Waals surface area contributed by atoms with E-state index in [2.05, 4.69) is 32.2 Å². The van der Waals surface area contributed by atoms with Gasteiger partial charge in [0, 0.05) is 54.6 Å². The highest BCUT2D eigenvalue weighted by Crippen LogP contribution is 2.40. The molecule has 4 aromatic rings. The average Bonchev–Trinajstić information content (AvgIpc) is 3.25. The third-order valence-electron chi connectivity index (χ3n) is 6.31. The first kappa shape index (κ1) is 21.9. The second kappa shape index (κ2) is 8.78. The lowest BCUT2D eigenvalue weighted by Gasteiger charge is -2.37. The van der Waals surface area contributed by atoms with Gasteiger partial charge in [-0.25, -0.2) is 9.97 Å².